The van der Waals surface area contributed by atoms with Crippen molar-refractivity contribution in [3.63, 3.8) is 0 Å². The summed E-state index contributed by atoms with van der Waals surface area (Å²) in [6.07, 6.45) is 4.74. The third-order valence-corrected chi connectivity index (χ3v) is 3.83. The molecule has 1 unspecified atom stereocenters. The molecule has 14 heavy (non-hydrogen) atoms. The number of aliphatic hydroxyl groups excluding tert-OH is 1. The number of hydrogen-bond acceptors (Lipinski definition) is 2. The van der Waals surface area contributed by atoms with Crippen LogP contribution in [-0.2, 0) is 0 Å². The summed E-state index contributed by atoms with van der Waals surface area (Å²) in [5, 5.41) is 9.04. The summed E-state index contributed by atoms with van der Waals surface area (Å²) in [7, 11) is 0. The first-order valence-corrected chi connectivity index (χ1v) is 6.02. The van der Waals surface area contributed by atoms with Gasteiger partial charge in [-0.15, -0.1) is 0 Å². The van der Waals surface area contributed by atoms with Gasteiger partial charge in [0.05, 0.1) is 0 Å². The Labute approximate surface area is 88.3 Å². The molecule has 2 heteroatoms. The summed E-state index contributed by atoms with van der Waals surface area (Å²) >= 11 is 0. The van der Waals surface area contributed by atoms with Gasteiger partial charge in [-0.2, -0.15) is 0 Å². The molecule has 84 valence electrons. The molecule has 0 radical (unpaired) electrons. The number of aliphatic hydroxyl groups is 1. The first kappa shape index (κ1) is 12.0. The minimum atomic E-state index is 0.249. The molecule has 0 aromatic rings. The molecule has 1 N–H and O–H groups in total. The number of likely N-dealkylation sites (tertiary alicyclic amines) is 1. The molecule has 0 aromatic heterocycles. The zero-order chi connectivity index (χ0) is 10.6. The van der Waals surface area contributed by atoms with E-state index in [-0.39, 0.29) is 5.54 Å². The van der Waals surface area contributed by atoms with Crippen molar-refractivity contribution in [1.29, 1.82) is 0 Å². The van der Waals surface area contributed by atoms with Crippen LogP contribution in [0.15, 0.2) is 0 Å². The van der Waals surface area contributed by atoms with Gasteiger partial charge in [0, 0.05) is 25.2 Å². The number of nitrogens with zero attached hydrogens (tertiary/aromatic N) is 1. The van der Waals surface area contributed by atoms with Gasteiger partial charge in [0.25, 0.3) is 0 Å². The fourth-order valence-electron chi connectivity index (χ4n) is 2.40. The molecule has 1 rings (SSSR count). The predicted molar refractivity (Wildman–Crippen MR) is 60.4 cm³/mol. The Morgan fingerprint density at radius 2 is 2.00 bits per heavy atom. The second kappa shape index (κ2) is 5.13. The first-order valence-electron chi connectivity index (χ1n) is 6.02. The van der Waals surface area contributed by atoms with E-state index in [0.717, 1.165) is 18.8 Å². The topological polar surface area (TPSA) is 23.5 Å². The van der Waals surface area contributed by atoms with Crippen molar-refractivity contribution in [2.45, 2.75) is 52.0 Å². The highest BCUT2D eigenvalue weighted by Crippen LogP contribution is 2.32. The van der Waals surface area contributed by atoms with Crippen molar-refractivity contribution in [3.8, 4) is 0 Å². The normalized spacial score (nSPS) is 23.1. The number of hydrogen-bond donors (Lipinski definition) is 1. The van der Waals surface area contributed by atoms with Gasteiger partial charge in [-0.1, -0.05) is 20.3 Å². The largest absolute Gasteiger partial charge is 0.396 e. The Hall–Kier alpha value is -0.0800. The summed E-state index contributed by atoms with van der Waals surface area (Å²) in [6, 6.07) is 0. The predicted octanol–water partition coefficient (Wildman–Crippen LogP) is 2.27. The zero-order valence-corrected chi connectivity index (χ0v) is 9.92. The van der Waals surface area contributed by atoms with Crippen molar-refractivity contribution >= 4 is 0 Å². The van der Waals surface area contributed by atoms with Crippen LogP contribution in [0.1, 0.15) is 46.5 Å². The maximum Gasteiger partial charge on any atom is 0.0448 e. The van der Waals surface area contributed by atoms with E-state index in [2.05, 4.69) is 25.7 Å². The molecule has 0 spiro atoms. The average molecular weight is 199 g/mol. The standard InChI is InChI=1S/C12H25NO/c1-4-6-11-9-13(10-11)12(3,5-2)7-8-14/h11,14H,4-10H2,1-3H3. The molecule has 0 aromatic carbocycles. The zero-order valence-electron chi connectivity index (χ0n) is 9.92. The van der Waals surface area contributed by atoms with Crippen molar-refractivity contribution in [3.05, 3.63) is 0 Å². The average Bonchev–Trinajstić information content (AvgIpc) is 2.11. The van der Waals surface area contributed by atoms with E-state index >= 15 is 0 Å². The van der Waals surface area contributed by atoms with Gasteiger partial charge in [-0.3, -0.25) is 4.90 Å². The van der Waals surface area contributed by atoms with E-state index in [1.54, 1.807) is 0 Å². The van der Waals surface area contributed by atoms with Crippen molar-refractivity contribution in [2.24, 2.45) is 5.92 Å². The highest BCUT2D eigenvalue weighted by molar-refractivity contribution is 4.93. The molecular formula is C12H25NO. The summed E-state index contributed by atoms with van der Waals surface area (Å²) < 4.78 is 0. The van der Waals surface area contributed by atoms with E-state index < -0.39 is 0 Å². The Balaban J connectivity index is 2.35. The van der Waals surface area contributed by atoms with Crippen LogP contribution < -0.4 is 0 Å². The van der Waals surface area contributed by atoms with E-state index in [0.29, 0.717) is 6.61 Å². The third kappa shape index (κ3) is 2.48. The summed E-state index contributed by atoms with van der Waals surface area (Å²) in [5.74, 6) is 0.921. The molecule has 0 aliphatic carbocycles. The van der Waals surface area contributed by atoms with Gasteiger partial charge in [-0.05, 0) is 32.1 Å². The van der Waals surface area contributed by atoms with Crippen molar-refractivity contribution < 1.29 is 5.11 Å². The van der Waals surface area contributed by atoms with Crippen LogP contribution in [0, 0.1) is 5.92 Å². The van der Waals surface area contributed by atoms with Gasteiger partial charge in [0.1, 0.15) is 0 Å². The summed E-state index contributed by atoms with van der Waals surface area (Å²) in [6.45, 7) is 9.58. The lowest BCUT2D eigenvalue weighted by atomic mass is 9.84. The van der Waals surface area contributed by atoms with Crippen LogP contribution in [0.2, 0.25) is 0 Å². The molecule has 0 amide bonds. The molecule has 2 nitrogen and oxygen atoms in total. The summed E-state index contributed by atoms with van der Waals surface area (Å²) in [4.78, 5) is 2.55. The van der Waals surface area contributed by atoms with Crippen LogP contribution in [0.25, 0.3) is 0 Å². The van der Waals surface area contributed by atoms with Gasteiger partial charge in [0.2, 0.25) is 0 Å². The van der Waals surface area contributed by atoms with Gasteiger partial charge >= 0.3 is 0 Å². The van der Waals surface area contributed by atoms with Crippen LogP contribution in [0.3, 0.4) is 0 Å². The van der Waals surface area contributed by atoms with Crippen LogP contribution in [0.5, 0.6) is 0 Å². The first-order chi connectivity index (χ1) is 6.66. The van der Waals surface area contributed by atoms with Gasteiger partial charge < -0.3 is 5.11 Å². The third-order valence-electron chi connectivity index (χ3n) is 3.83. The minimum Gasteiger partial charge on any atom is -0.396 e. The molecule has 1 fully saturated rings. The second-order valence-corrected chi connectivity index (χ2v) is 4.88. The monoisotopic (exact) mass is 199 g/mol. The van der Waals surface area contributed by atoms with E-state index in [1.165, 1.54) is 25.9 Å². The van der Waals surface area contributed by atoms with E-state index in [9.17, 15) is 0 Å². The highest BCUT2D eigenvalue weighted by atomic mass is 16.3. The maximum atomic E-state index is 9.04. The Morgan fingerprint density at radius 3 is 2.43 bits per heavy atom. The van der Waals surface area contributed by atoms with E-state index in [1.807, 2.05) is 0 Å². The lowest BCUT2D eigenvalue weighted by molar-refractivity contribution is -0.0242. The molecule has 1 saturated heterocycles. The van der Waals surface area contributed by atoms with Crippen LogP contribution in [0.4, 0.5) is 0 Å². The molecule has 1 aliphatic heterocycles. The van der Waals surface area contributed by atoms with Crippen LogP contribution >= 0.6 is 0 Å². The van der Waals surface area contributed by atoms with Gasteiger partial charge in [-0.25, -0.2) is 0 Å². The van der Waals surface area contributed by atoms with Crippen molar-refractivity contribution in [2.75, 3.05) is 19.7 Å². The lowest BCUT2D eigenvalue weighted by Crippen LogP contribution is -2.58. The molecule has 0 saturated carbocycles. The summed E-state index contributed by atoms with van der Waals surface area (Å²) in [5.41, 5.74) is 0.249. The second-order valence-electron chi connectivity index (χ2n) is 4.88. The van der Waals surface area contributed by atoms with Crippen LogP contribution in [-0.4, -0.2) is 35.2 Å². The fourth-order valence-corrected chi connectivity index (χ4v) is 2.40. The molecule has 1 aliphatic rings. The molecule has 0 bridgehead atoms. The Bertz CT molecular complexity index is 166. The minimum absolute atomic E-state index is 0.249. The highest BCUT2D eigenvalue weighted by Gasteiger charge is 2.37. The van der Waals surface area contributed by atoms with Crippen molar-refractivity contribution in [1.82, 2.24) is 4.90 Å². The lowest BCUT2D eigenvalue weighted by Gasteiger charge is -2.51. The van der Waals surface area contributed by atoms with E-state index in [4.69, 9.17) is 5.11 Å². The smallest absolute Gasteiger partial charge is 0.0448 e. The SMILES string of the molecule is CCCC1CN(C(C)(CC)CCO)C1. The molecule has 1 atom stereocenters. The molecule has 1 heterocycles. The quantitative estimate of drug-likeness (QED) is 0.709. The Morgan fingerprint density at radius 1 is 1.36 bits per heavy atom. The van der Waals surface area contributed by atoms with Gasteiger partial charge in [0.15, 0.2) is 0 Å². The fraction of sp³-hybridized carbons (Fsp3) is 1.00. The molecular weight excluding hydrogens is 174 g/mol. The number of rotatable bonds is 6. The Kier molecular flexibility index (Phi) is 4.39. The maximum absolute atomic E-state index is 9.04.